The number of hydrogen-bond donors (Lipinski definition) is 3. The van der Waals surface area contributed by atoms with Crippen LogP contribution < -0.4 is 10.5 Å². The number of benzene rings is 1. The number of pyridine rings is 1. The van der Waals surface area contributed by atoms with E-state index in [1.165, 1.54) is 18.3 Å². The highest BCUT2D eigenvalue weighted by molar-refractivity contribution is 7.92. The summed E-state index contributed by atoms with van der Waals surface area (Å²) in [7, 11) is -3.92. The van der Waals surface area contributed by atoms with Gasteiger partial charge in [-0.15, -0.1) is 0 Å². The monoisotopic (exact) mass is 487 g/mol. The predicted octanol–water partition coefficient (Wildman–Crippen LogP) is 5.06. The first-order valence-electron chi connectivity index (χ1n) is 11.6. The van der Waals surface area contributed by atoms with Gasteiger partial charge in [-0.3, -0.25) is 4.72 Å². The Labute approximate surface area is 201 Å². The number of nitrogen functional groups attached to an aromatic ring is 1. The molecule has 1 atom stereocenters. The van der Waals surface area contributed by atoms with Crippen molar-refractivity contribution in [3.05, 3.63) is 59.5 Å². The maximum atomic E-state index is 13.1. The van der Waals surface area contributed by atoms with Gasteiger partial charge in [0.2, 0.25) is 0 Å². The van der Waals surface area contributed by atoms with Crippen molar-refractivity contribution in [3.63, 3.8) is 0 Å². The summed E-state index contributed by atoms with van der Waals surface area (Å²) >= 11 is 0. The zero-order chi connectivity index (χ0) is 24.9. The lowest BCUT2D eigenvalue weighted by atomic mass is 9.80. The molecule has 8 nitrogen and oxygen atoms in total. The minimum absolute atomic E-state index is 0.0575. The van der Waals surface area contributed by atoms with Gasteiger partial charge in [0.25, 0.3) is 10.0 Å². The number of aliphatic hydroxyl groups excluding tert-OH is 1. The first kappa shape index (κ1) is 25.6. The Balaban J connectivity index is 1.91. The Morgan fingerprint density at radius 3 is 2.44 bits per heavy atom. The molecule has 0 saturated heterocycles. The molecular formula is C25H33N3O5S. The average Bonchev–Trinajstić information content (AvgIpc) is 2.77. The third-order valence-corrected chi connectivity index (χ3v) is 7.37. The summed E-state index contributed by atoms with van der Waals surface area (Å²) in [6, 6.07) is 9.59. The molecule has 3 rings (SSSR count). The molecule has 9 heteroatoms. The third-order valence-electron chi connectivity index (χ3n) is 6.07. The minimum atomic E-state index is -3.92. The second-order valence-corrected chi connectivity index (χ2v) is 10.4. The fourth-order valence-electron chi connectivity index (χ4n) is 4.65. The van der Waals surface area contributed by atoms with Gasteiger partial charge in [-0.2, -0.15) is 8.42 Å². The number of nitrogens with zero attached hydrogens (tertiary/aromatic N) is 1. The van der Waals surface area contributed by atoms with Gasteiger partial charge >= 0.3 is 5.97 Å². The van der Waals surface area contributed by atoms with Gasteiger partial charge < -0.3 is 15.6 Å². The van der Waals surface area contributed by atoms with Crippen LogP contribution in [0.1, 0.15) is 70.8 Å². The van der Waals surface area contributed by atoms with Crippen LogP contribution >= 0.6 is 0 Å². The summed E-state index contributed by atoms with van der Waals surface area (Å²) in [4.78, 5) is 17.0. The molecule has 4 N–H and O–H groups in total. The van der Waals surface area contributed by atoms with Gasteiger partial charge in [-0.05, 0) is 49.1 Å². The fourth-order valence-corrected chi connectivity index (χ4v) is 5.63. The second kappa shape index (κ2) is 10.5. The molecule has 0 saturated carbocycles. The summed E-state index contributed by atoms with van der Waals surface area (Å²) in [6.07, 6.45) is 5.17. The van der Waals surface area contributed by atoms with Crippen LogP contribution in [0.5, 0.6) is 0 Å². The van der Waals surface area contributed by atoms with Crippen LogP contribution in [0.3, 0.4) is 0 Å². The average molecular weight is 488 g/mol. The molecule has 1 aromatic heterocycles. The molecule has 34 heavy (non-hydrogen) atoms. The molecule has 0 radical (unpaired) electrons. The number of carbonyl (C=O) groups is 1. The smallest absolute Gasteiger partial charge is 0.338 e. The van der Waals surface area contributed by atoms with Gasteiger partial charge in [0.05, 0.1) is 17.5 Å². The normalized spacial score (nSPS) is 16.7. The van der Waals surface area contributed by atoms with Crippen molar-refractivity contribution >= 4 is 27.4 Å². The molecule has 1 aromatic carbocycles. The summed E-state index contributed by atoms with van der Waals surface area (Å²) in [5.74, 6) is -0.885. The quantitative estimate of drug-likeness (QED) is 0.399. The van der Waals surface area contributed by atoms with Crippen LogP contribution in [0.25, 0.3) is 0 Å². The maximum absolute atomic E-state index is 13.1. The minimum Gasteiger partial charge on any atom is -0.512 e. The number of anilines is 2. The van der Waals surface area contributed by atoms with E-state index in [1.807, 2.05) is 20.8 Å². The summed E-state index contributed by atoms with van der Waals surface area (Å²) < 4.78 is 33.9. The highest BCUT2D eigenvalue weighted by Gasteiger charge is 2.42. The summed E-state index contributed by atoms with van der Waals surface area (Å²) in [5.41, 5.74) is 6.55. The fraction of sp³-hybridized carbons (Fsp3) is 0.440. The predicted molar refractivity (Wildman–Crippen MR) is 132 cm³/mol. The number of esters is 1. The largest absolute Gasteiger partial charge is 0.512 e. The number of carbonyl (C=O) groups excluding carboxylic acids is 1. The number of rotatable bonds is 10. The molecule has 1 aliphatic heterocycles. The van der Waals surface area contributed by atoms with Crippen molar-refractivity contribution in [1.82, 2.24) is 4.98 Å². The van der Waals surface area contributed by atoms with E-state index in [2.05, 4.69) is 9.71 Å². The Kier molecular flexibility index (Phi) is 7.86. The van der Waals surface area contributed by atoms with Crippen molar-refractivity contribution in [3.8, 4) is 0 Å². The highest BCUT2D eigenvalue weighted by atomic mass is 32.2. The molecular weight excluding hydrogens is 454 g/mol. The maximum Gasteiger partial charge on any atom is 0.338 e. The van der Waals surface area contributed by atoms with Crippen LogP contribution in [0, 0.1) is 0 Å². The molecule has 0 spiro atoms. The topological polar surface area (TPSA) is 132 Å². The first-order valence-corrected chi connectivity index (χ1v) is 13.1. The highest BCUT2D eigenvalue weighted by Crippen LogP contribution is 2.42. The van der Waals surface area contributed by atoms with Crippen molar-refractivity contribution in [2.24, 2.45) is 0 Å². The van der Waals surface area contributed by atoms with E-state index in [9.17, 15) is 18.3 Å². The van der Waals surface area contributed by atoms with E-state index < -0.39 is 27.5 Å². The molecule has 0 amide bonds. The standard InChI is InChI=1S/C25H33N3O5S/c1-4-12-25(13-5-2)15-21(29)23(24(30)33-25)20(6-3)17-8-7-9-19(14-17)28-34(31,32)22-11-10-18(26)16-27-22/h7-11,14,16,20,28-29H,4-6,12-13,15,26H2,1-3H3/t20-/m1/s1. The summed E-state index contributed by atoms with van der Waals surface area (Å²) in [6.45, 7) is 5.97. The molecule has 2 heterocycles. The van der Waals surface area contributed by atoms with Crippen molar-refractivity contribution in [1.29, 1.82) is 0 Å². The number of nitrogens with one attached hydrogen (secondary N) is 1. The van der Waals surface area contributed by atoms with Gasteiger partial charge in [-0.25, -0.2) is 9.78 Å². The molecule has 2 aromatic rings. The van der Waals surface area contributed by atoms with E-state index in [4.69, 9.17) is 10.5 Å². The molecule has 0 bridgehead atoms. The van der Waals surface area contributed by atoms with Crippen LogP contribution in [0.4, 0.5) is 11.4 Å². The molecule has 184 valence electrons. The number of cyclic esters (lactones) is 1. The SMILES string of the molecule is CCCC1(CCC)CC(O)=C([C@H](CC)c2cccc(NS(=O)(=O)c3ccc(N)cn3)c2)C(=O)O1. The first-order chi connectivity index (χ1) is 16.1. The molecule has 0 unspecified atom stereocenters. The van der Waals surface area contributed by atoms with E-state index in [0.717, 1.165) is 12.8 Å². The number of sulfonamides is 1. The van der Waals surface area contributed by atoms with Crippen LogP contribution in [-0.2, 0) is 19.6 Å². The van der Waals surface area contributed by atoms with Crippen LogP contribution in [0.15, 0.2) is 59.0 Å². The number of nitrogens with two attached hydrogens (primary N) is 1. The molecule has 1 aliphatic rings. The lowest BCUT2D eigenvalue weighted by Gasteiger charge is -2.38. The Morgan fingerprint density at radius 2 is 1.88 bits per heavy atom. The van der Waals surface area contributed by atoms with Gasteiger partial charge in [0.15, 0.2) is 5.03 Å². The van der Waals surface area contributed by atoms with Crippen LogP contribution in [-0.4, -0.2) is 30.1 Å². The zero-order valence-corrected chi connectivity index (χ0v) is 20.7. The van der Waals surface area contributed by atoms with Crippen LogP contribution in [0.2, 0.25) is 0 Å². The van der Waals surface area contributed by atoms with Gasteiger partial charge in [0.1, 0.15) is 11.4 Å². The number of aliphatic hydroxyl groups is 1. The van der Waals surface area contributed by atoms with Crippen molar-refractivity contribution in [2.45, 2.75) is 75.8 Å². The van der Waals surface area contributed by atoms with E-state index in [0.29, 0.717) is 42.6 Å². The van der Waals surface area contributed by atoms with E-state index >= 15 is 0 Å². The Hall–Kier alpha value is -3.07. The number of hydrogen-bond acceptors (Lipinski definition) is 7. The Morgan fingerprint density at radius 1 is 1.18 bits per heavy atom. The molecule has 0 aliphatic carbocycles. The number of ether oxygens (including phenoxy) is 1. The van der Waals surface area contributed by atoms with Gasteiger partial charge in [0, 0.05) is 18.0 Å². The van der Waals surface area contributed by atoms with Crippen molar-refractivity contribution in [2.75, 3.05) is 10.5 Å². The second-order valence-electron chi connectivity index (χ2n) is 8.73. The molecule has 0 fully saturated rings. The van der Waals surface area contributed by atoms with E-state index in [1.54, 1.807) is 24.3 Å². The zero-order valence-electron chi connectivity index (χ0n) is 19.9. The lowest BCUT2D eigenvalue weighted by Crippen LogP contribution is -2.41. The number of aromatic nitrogens is 1. The van der Waals surface area contributed by atoms with Gasteiger partial charge in [-0.1, -0.05) is 45.7 Å². The van der Waals surface area contributed by atoms with Crippen molar-refractivity contribution < 1.29 is 23.1 Å². The third kappa shape index (κ3) is 5.52. The Bertz CT molecular complexity index is 1150. The summed E-state index contributed by atoms with van der Waals surface area (Å²) in [5, 5.41) is 10.8. The van der Waals surface area contributed by atoms with E-state index in [-0.39, 0.29) is 16.4 Å². The lowest BCUT2D eigenvalue weighted by molar-refractivity contribution is -0.161.